The lowest BCUT2D eigenvalue weighted by Crippen LogP contribution is -2.39. The average Bonchev–Trinajstić information content (AvgIpc) is 2.86. The predicted octanol–water partition coefficient (Wildman–Crippen LogP) is 1.46. The summed E-state index contributed by atoms with van der Waals surface area (Å²) in [4.78, 5) is 36.9. The molecule has 2 rings (SSSR count). The second kappa shape index (κ2) is 6.92. The highest BCUT2D eigenvalue weighted by Crippen LogP contribution is 2.22. The van der Waals surface area contributed by atoms with Gasteiger partial charge in [-0.3, -0.25) is 14.4 Å². The van der Waals surface area contributed by atoms with Gasteiger partial charge in [0.05, 0.1) is 11.2 Å². The van der Waals surface area contributed by atoms with Crippen LogP contribution in [0.4, 0.5) is 5.69 Å². The van der Waals surface area contributed by atoms with Crippen molar-refractivity contribution in [1.29, 1.82) is 0 Å². The first-order valence-corrected chi connectivity index (χ1v) is 7.72. The van der Waals surface area contributed by atoms with Crippen molar-refractivity contribution in [3.63, 3.8) is 0 Å². The Morgan fingerprint density at radius 3 is 2.26 bits per heavy atom. The van der Waals surface area contributed by atoms with E-state index in [2.05, 4.69) is 6.92 Å². The maximum Gasteiger partial charge on any atom is 0.258 e. The Bertz CT molecular complexity index is 631. The second-order valence-electron chi connectivity index (χ2n) is 5.93. The first kappa shape index (κ1) is 17.2. The van der Waals surface area contributed by atoms with E-state index in [1.165, 1.54) is 12.2 Å². The molecule has 1 atom stereocenters. The molecule has 0 aromatic heterocycles. The average molecular weight is 313 g/mol. The number of carbonyl (C=O) groups is 3. The van der Waals surface area contributed by atoms with E-state index >= 15 is 0 Å². The largest absolute Gasteiger partial charge is 0.376 e. The summed E-state index contributed by atoms with van der Waals surface area (Å²) in [7, 11) is 1.75. The van der Waals surface area contributed by atoms with Crippen LogP contribution in [0.3, 0.4) is 0 Å². The Morgan fingerprint density at radius 1 is 1.17 bits per heavy atom. The number of hydrogen-bond acceptors (Lipinski definition) is 4. The molecule has 0 radical (unpaired) electrons. The van der Waals surface area contributed by atoms with Crippen molar-refractivity contribution in [2.45, 2.75) is 32.2 Å². The molecular formula is C17H20BNO4. The normalized spacial score (nSPS) is 16.7. The molecule has 1 heterocycles. The van der Waals surface area contributed by atoms with Crippen LogP contribution in [-0.4, -0.2) is 37.6 Å². The van der Waals surface area contributed by atoms with E-state index in [0.29, 0.717) is 17.9 Å². The smallest absolute Gasteiger partial charge is 0.258 e. The minimum Gasteiger partial charge on any atom is -0.376 e. The summed E-state index contributed by atoms with van der Waals surface area (Å²) in [5.41, 5.74) is 0.0332. The van der Waals surface area contributed by atoms with Crippen molar-refractivity contribution in [2.24, 2.45) is 0 Å². The third kappa shape index (κ3) is 3.77. The molecule has 6 heteroatoms. The molecule has 2 amide bonds. The molecule has 0 aliphatic carbocycles. The number of imide groups is 1. The maximum absolute atomic E-state index is 12.5. The Morgan fingerprint density at radius 2 is 1.74 bits per heavy atom. The molecule has 0 spiro atoms. The first-order chi connectivity index (χ1) is 10.9. The van der Waals surface area contributed by atoms with Gasteiger partial charge < -0.3 is 4.74 Å². The van der Waals surface area contributed by atoms with Crippen LogP contribution in [0.1, 0.15) is 37.0 Å². The van der Waals surface area contributed by atoms with Crippen LogP contribution in [-0.2, 0) is 14.3 Å². The van der Waals surface area contributed by atoms with Crippen molar-refractivity contribution >= 4 is 31.1 Å². The van der Waals surface area contributed by atoms with Crippen LogP contribution in [0.15, 0.2) is 36.4 Å². The molecule has 120 valence electrons. The zero-order valence-electron chi connectivity index (χ0n) is 13.7. The number of ether oxygens (including phenoxy) is 1. The van der Waals surface area contributed by atoms with E-state index in [9.17, 15) is 14.4 Å². The third-order valence-electron chi connectivity index (χ3n) is 3.70. The lowest BCUT2D eigenvalue weighted by molar-refractivity contribution is -0.119. The van der Waals surface area contributed by atoms with E-state index in [-0.39, 0.29) is 17.6 Å². The van der Waals surface area contributed by atoms with Gasteiger partial charge in [-0.25, -0.2) is 4.90 Å². The minimum absolute atomic E-state index is 0.127. The van der Waals surface area contributed by atoms with Crippen molar-refractivity contribution in [1.82, 2.24) is 0 Å². The summed E-state index contributed by atoms with van der Waals surface area (Å²) in [6.07, 6.45) is 4.37. The van der Waals surface area contributed by atoms with Crippen molar-refractivity contribution in [3.8, 4) is 0 Å². The van der Waals surface area contributed by atoms with Gasteiger partial charge in [0.15, 0.2) is 13.6 Å². The zero-order valence-corrected chi connectivity index (χ0v) is 13.7. The molecule has 5 nitrogen and oxygen atoms in total. The Hall–Kier alpha value is -2.21. The Kier molecular flexibility index (Phi) is 5.16. The summed E-state index contributed by atoms with van der Waals surface area (Å²) in [6.45, 7) is 4.35. The van der Waals surface area contributed by atoms with E-state index < -0.39 is 5.50 Å². The number of unbranched alkanes of at least 4 members (excludes halogenated alkanes) is 1. The summed E-state index contributed by atoms with van der Waals surface area (Å²) in [6, 6.07) is 6.42. The summed E-state index contributed by atoms with van der Waals surface area (Å²) in [5, 5.41) is 0. The molecule has 0 saturated carbocycles. The van der Waals surface area contributed by atoms with Gasteiger partial charge in [-0.05, 0) is 37.6 Å². The molecule has 1 aromatic rings. The van der Waals surface area contributed by atoms with Gasteiger partial charge >= 0.3 is 0 Å². The van der Waals surface area contributed by atoms with Gasteiger partial charge in [0.1, 0.15) is 0 Å². The second-order valence-corrected chi connectivity index (χ2v) is 5.93. The number of benzene rings is 1. The van der Waals surface area contributed by atoms with Crippen molar-refractivity contribution < 1.29 is 19.1 Å². The van der Waals surface area contributed by atoms with Crippen molar-refractivity contribution in [2.75, 3.05) is 11.5 Å². The standard InChI is InChI=1S/C17H20BNO4/c1-3-4-11-23-17(2,18)16(22)12-5-7-13(8-6-12)19-14(20)9-10-15(19)21/h5-10H,3-4,11,18H2,1-2H3. The van der Waals surface area contributed by atoms with E-state index in [1.54, 1.807) is 39.0 Å². The fourth-order valence-electron chi connectivity index (χ4n) is 2.30. The molecule has 0 saturated heterocycles. The van der Waals surface area contributed by atoms with E-state index in [0.717, 1.165) is 17.7 Å². The molecule has 1 aliphatic heterocycles. The highest BCUT2D eigenvalue weighted by molar-refractivity contribution is 6.31. The number of anilines is 1. The molecular weight excluding hydrogens is 293 g/mol. The molecule has 1 unspecified atom stereocenters. The van der Waals surface area contributed by atoms with Crippen LogP contribution < -0.4 is 4.90 Å². The van der Waals surface area contributed by atoms with Gasteiger partial charge in [-0.1, -0.05) is 13.3 Å². The van der Waals surface area contributed by atoms with Crippen LogP contribution in [0.5, 0.6) is 0 Å². The number of Topliss-reactive ketones (excluding diaryl/α,β-unsaturated/α-hetero) is 1. The molecule has 0 N–H and O–H groups in total. The number of rotatable bonds is 7. The van der Waals surface area contributed by atoms with Crippen molar-refractivity contribution in [3.05, 3.63) is 42.0 Å². The lowest BCUT2D eigenvalue weighted by atomic mass is 9.77. The first-order valence-electron chi connectivity index (χ1n) is 7.72. The molecule has 1 aromatic carbocycles. The minimum atomic E-state index is -0.905. The van der Waals surface area contributed by atoms with Gasteiger partial charge in [-0.15, -0.1) is 0 Å². The van der Waals surface area contributed by atoms with E-state index in [4.69, 9.17) is 4.74 Å². The molecule has 0 bridgehead atoms. The van der Waals surface area contributed by atoms with Gasteiger partial charge in [0, 0.05) is 24.3 Å². The predicted molar refractivity (Wildman–Crippen MR) is 90.2 cm³/mol. The zero-order chi connectivity index (χ0) is 17.0. The quantitative estimate of drug-likeness (QED) is 0.331. The Balaban J connectivity index is 2.11. The maximum atomic E-state index is 12.5. The summed E-state index contributed by atoms with van der Waals surface area (Å²) in [5.74, 6) is -0.882. The van der Waals surface area contributed by atoms with Gasteiger partial charge in [-0.2, -0.15) is 0 Å². The monoisotopic (exact) mass is 313 g/mol. The van der Waals surface area contributed by atoms with Gasteiger partial charge in [0.25, 0.3) is 11.8 Å². The van der Waals surface area contributed by atoms with Crippen LogP contribution >= 0.6 is 0 Å². The van der Waals surface area contributed by atoms with E-state index in [1.807, 2.05) is 0 Å². The summed E-state index contributed by atoms with van der Waals surface area (Å²) < 4.78 is 5.67. The van der Waals surface area contributed by atoms with Crippen LogP contribution in [0.25, 0.3) is 0 Å². The number of carbonyl (C=O) groups excluding carboxylic acids is 3. The van der Waals surface area contributed by atoms with Crippen LogP contribution in [0, 0.1) is 0 Å². The van der Waals surface area contributed by atoms with Crippen LogP contribution in [0.2, 0.25) is 0 Å². The number of nitrogens with zero attached hydrogens (tertiary/aromatic N) is 1. The fraction of sp³-hybridized carbons (Fsp3) is 0.353. The highest BCUT2D eigenvalue weighted by Gasteiger charge is 2.30. The fourth-order valence-corrected chi connectivity index (χ4v) is 2.30. The molecule has 1 aliphatic rings. The molecule has 0 fully saturated rings. The summed E-state index contributed by atoms with van der Waals surface area (Å²) >= 11 is 0. The number of ketones is 1. The SMILES string of the molecule is BC(C)(OCCCC)C(=O)c1ccc(N2C(=O)C=CC2=O)cc1. The Labute approximate surface area is 136 Å². The number of hydrogen-bond donors (Lipinski definition) is 0. The highest BCUT2D eigenvalue weighted by atomic mass is 16.5. The van der Waals surface area contributed by atoms with Gasteiger partial charge in [0.2, 0.25) is 0 Å². The topological polar surface area (TPSA) is 63.7 Å². The number of amides is 2. The molecule has 23 heavy (non-hydrogen) atoms. The lowest BCUT2D eigenvalue weighted by Gasteiger charge is -2.24. The third-order valence-corrected chi connectivity index (χ3v) is 3.70.